The van der Waals surface area contributed by atoms with Gasteiger partial charge in [-0.3, -0.25) is 4.90 Å². The van der Waals surface area contributed by atoms with Crippen molar-refractivity contribution >= 4 is 0 Å². The lowest BCUT2D eigenvalue weighted by atomic mass is 9.64. The second-order valence-corrected chi connectivity index (χ2v) is 6.71. The summed E-state index contributed by atoms with van der Waals surface area (Å²) in [6.45, 7) is 7.09. The van der Waals surface area contributed by atoms with Crippen molar-refractivity contribution in [1.82, 2.24) is 4.90 Å². The summed E-state index contributed by atoms with van der Waals surface area (Å²) in [5.41, 5.74) is 7.17. The smallest absolute Gasteiger partial charge is 0.0226 e. The van der Waals surface area contributed by atoms with Gasteiger partial charge >= 0.3 is 0 Å². The van der Waals surface area contributed by atoms with Crippen LogP contribution in [0.1, 0.15) is 65.7 Å². The molecule has 0 bridgehead atoms. The molecule has 0 aromatic carbocycles. The molecule has 1 saturated carbocycles. The lowest BCUT2D eigenvalue weighted by Crippen LogP contribution is -2.69. The van der Waals surface area contributed by atoms with Gasteiger partial charge in [0.1, 0.15) is 0 Å². The van der Waals surface area contributed by atoms with Crippen molar-refractivity contribution in [3.63, 3.8) is 0 Å². The highest BCUT2D eigenvalue weighted by Crippen LogP contribution is 2.48. The summed E-state index contributed by atoms with van der Waals surface area (Å²) >= 11 is 0. The average molecular weight is 238 g/mol. The SMILES string of the molecule is CCC1(C)C(C)C(N)CC2(CCCCC2)N1C. The van der Waals surface area contributed by atoms with Gasteiger partial charge in [0.05, 0.1) is 0 Å². The van der Waals surface area contributed by atoms with Crippen molar-refractivity contribution in [3.8, 4) is 0 Å². The van der Waals surface area contributed by atoms with E-state index in [4.69, 9.17) is 5.73 Å². The second kappa shape index (κ2) is 4.55. The maximum Gasteiger partial charge on any atom is 0.0226 e. The van der Waals surface area contributed by atoms with Crippen LogP contribution in [0.5, 0.6) is 0 Å². The summed E-state index contributed by atoms with van der Waals surface area (Å²) in [4.78, 5) is 2.72. The standard InChI is InChI=1S/C15H30N2/c1-5-14(3)12(2)13(16)11-15(17(14)4)9-7-6-8-10-15/h12-13H,5-11,16H2,1-4H3. The van der Waals surface area contributed by atoms with E-state index in [2.05, 4.69) is 32.7 Å². The van der Waals surface area contributed by atoms with Gasteiger partial charge in [-0.1, -0.05) is 33.1 Å². The Bertz CT molecular complexity index is 270. The van der Waals surface area contributed by atoms with E-state index in [9.17, 15) is 0 Å². The second-order valence-electron chi connectivity index (χ2n) is 6.71. The summed E-state index contributed by atoms with van der Waals surface area (Å²) in [6.07, 6.45) is 9.35. The molecule has 1 aliphatic carbocycles. The fourth-order valence-electron chi connectivity index (χ4n) is 4.37. The Morgan fingerprint density at radius 3 is 2.35 bits per heavy atom. The van der Waals surface area contributed by atoms with Gasteiger partial charge in [0, 0.05) is 17.1 Å². The molecule has 3 atom stereocenters. The Labute approximate surface area is 107 Å². The van der Waals surface area contributed by atoms with Crippen LogP contribution >= 0.6 is 0 Å². The van der Waals surface area contributed by atoms with Gasteiger partial charge in [-0.05, 0) is 45.6 Å². The molecule has 2 nitrogen and oxygen atoms in total. The van der Waals surface area contributed by atoms with E-state index >= 15 is 0 Å². The number of nitrogens with zero attached hydrogens (tertiary/aromatic N) is 1. The first-order chi connectivity index (χ1) is 7.96. The van der Waals surface area contributed by atoms with Gasteiger partial charge in [-0.2, -0.15) is 0 Å². The molecule has 17 heavy (non-hydrogen) atoms. The fourth-order valence-corrected chi connectivity index (χ4v) is 4.37. The third kappa shape index (κ3) is 1.94. The third-order valence-corrected chi connectivity index (χ3v) is 6.22. The molecule has 0 radical (unpaired) electrons. The molecule has 1 spiro atoms. The zero-order valence-corrected chi connectivity index (χ0v) is 12.1. The van der Waals surface area contributed by atoms with Crippen LogP contribution in [-0.2, 0) is 0 Å². The van der Waals surface area contributed by atoms with Crippen LogP contribution in [0, 0.1) is 5.92 Å². The molecule has 2 rings (SSSR count). The van der Waals surface area contributed by atoms with Crippen molar-refractivity contribution < 1.29 is 0 Å². The van der Waals surface area contributed by atoms with Crippen LogP contribution in [0.15, 0.2) is 0 Å². The predicted octanol–water partition coefficient (Wildman–Crippen LogP) is 3.16. The largest absolute Gasteiger partial charge is 0.327 e. The van der Waals surface area contributed by atoms with Crippen LogP contribution in [0.3, 0.4) is 0 Å². The zero-order valence-electron chi connectivity index (χ0n) is 12.1. The minimum atomic E-state index is 0.287. The molecule has 0 aromatic heterocycles. The number of hydrogen-bond acceptors (Lipinski definition) is 2. The molecule has 1 saturated heterocycles. The summed E-state index contributed by atoms with van der Waals surface area (Å²) in [6, 6.07) is 0.384. The summed E-state index contributed by atoms with van der Waals surface area (Å²) in [7, 11) is 2.36. The normalized spacial score (nSPS) is 42.9. The molecule has 1 heterocycles. The van der Waals surface area contributed by atoms with Crippen LogP contribution in [0.25, 0.3) is 0 Å². The number of likely N-dealkylation sites (tertiary alicyclic amines) is 1. The molecule has 0 amide bonds. The van der Waals surface area contributed by atoms with Gasteiger partial charge in [0.25, 0.3) is 0 Å². The van der Waals surface area contributed by atoms with Gasteiger partial charge in [0.15, 0.2) is 0 Å². The van der Waals surface area contributed by atoms with Crippen molar-refractivity contribution in [2.75, 3.05) is 7.05 Å². The Morgan fingerprint density at radius 1 is 1.24 bits per heavy atom. The van der Waals surface area contributed by atoms with Crippen LogP contribution in [0.4, 0.5) is 0 Å². The summed E-state index contributed by atoms with van der Waals surface area (Å²) in [5, 5.41) is 0. The molecular formula is C15H30N2. The lowest BCUT2D eigenvalue weighted by Gasteiger charge is -2.61. The van der Waals surface area contributed by atoms with Crippen LogP contribution in [0.2, 0.25) is 0 Å². The Balaban J connectivity index is 2.30. The maximum atomic E-state index is 6.47. The van der Waals surface area contributed by atoms with E-state index in [1.807, 2.05) is 0 Å². The lowest BCUT2D eigenvalue weighted by molar-refractivity contribution is -0.0944. The number of nitrogens with two attached hydrogens (primary N) is 1. The molecule has 2 aliphatic rings. The molecule has 2 heteroatoms. The molecular weight excluding hydrogens is 208 g/mol. The summed E-state index contributed by atoms with van der Waals surface area (Å²) in [5.74, 6) is 0.602. The number of piperidine rings is 1. The predicted molar refractivity (Wildman–Crippen MR) is 74.0 cm³/mol. The highest BCUT2D eigenvalue weighted by molar-refractivity contribution is 5.09. The van der Waals surface area contributed by atoms with Crippen LogP contribution in [-0.4, -0.2) is 29.1 Å². The molecule has 1 aliphatic heterocycles. The first-order valence-electron chi connectivity index (χ1n) is 7.46. The van der Waals surface area contributed by atoms with E-state index in [-0.39, 0.29) is 5.54 Å². The Morgan fingerprint density at radius 2 is 1.82 bits per heavy atom. The maximum absolute atomic E-state index is 6.47. The van der Waals surface area contributed by atoms with Crippen molar-refractivity contribution in [2.24, 2.45) is 11.7 Å². The Kier molecular flexibility index (Phi) is 3.57. The van der Waals surface area contributed by atoms with Gasteiger partial charge in [0.2, 0.25) is 0 Å². The van der Waals surface area contributed by atoms with Crippen LogP contribution < -0.4 is 5.73 Å². The molecule has 100 valence electrons. The average Bonchev–Trinajstić information content (AvgIpc) is 2.35. The van der Waals surface area contributed by atoms with Gasteiger partial charge < -0.3 is 5.73 Å². The molecule has 2 fully saturated rings. The first kappa shape index (κ1) is 13.4. The van der Waals surface area contributed by atoms with E-state index < -0.39 is 0 Å². The minimum Gasteiger partial charge on any atom is -0.327 e. The van der Waals surface area contributed by atoms with Gasteiger partial charge in [-0.25, -0.2) is 0 Å². The van der Waals surface area contributed by atoms with Crippen molar-refractivity contribution in [1.29, 1.82) is 0 Å². The highest BCUT2D eigenvalue weighted by Gasteiger charge is 2.52. The highest BCUT2D eigenvalue weighted by atomic mass is 15.3. The van der Waals surface area contributed by atoms with Crippen molar-refractivity contribution in [2.45, 2.75) is 82.8 Å². The fraction of sp³-hybridized carbons (Fsp3) is 1.00. The van der Waals surface area contributed by atoms with Crippen molar-refractivity contribution in [3.05, 3.63) is 0 Å². The molecule has 2 N–H and O–H groups in total. The van der Waals surface area contributed by atoms with Gasteiger partial charge in [-0.15, -0.1) is 0 Å². The minimum absolute atomic E-state index is 0.287. The first-order valence-corrected chi connectivity index (χ1v) is 7.46. The van der Waals surface area contributed by atoms with E-state index in [1.165, 1.54) is 44.9 Å². The monoisotopic (exact) mass is 238 g/mol. The quantitative estimate of drug-likeness (QED) is 0.760. The third-order valence-electron chi connectivity index (χ3n) is 6.22. The number of hydrogen-bond donors (Lipinski definition) is 1. The number of rotatable bonds is 1. The topological polar surface area (TPSA) is 29.3 Å². The Hall–Kier alpha value is -0.0800. The zero-order chi connectivity index (χ0) is 12.7. The summed E-state index contributed by atoms with van der Waals surface area (Å²) < 4.78 is 0. The van der Waals surface area contributed by atoms with E-state index in [0.29, 0.717) is 17.5 Å². The van der Waals surface area contributed by atoms with E-state index in [1.54, 1.807) is 0 Å². The molecule has 3 unspecified atom stereocenters. The van der Waals surface area contributed by atoms with E-state index in [0.717, 1.165) is 0 Å². The molecule has 0 aromatic rings.